The summed E-state index contributed by atoms with van der Waals surface area (Å²) in [6, 6.07) is 0.737. The van der Waals surface area contributed by atoms with Crippen LogP contribution in [0.2, 0.25) is 0 Å². The van der Waals surface area contributed by atoms with E-state index in [2.05, 4.69) is 4.74 Å². The summed E-state index contributed by atoms with van der Waals surface area (Å²) in [6.07, 6.45) is 0. The van der Waals surface area contributed by atoms with Gasteiger partial charge in [-0.1, -0.05) is 13.8 Å². The number of carbonyl (C=O) groups excluding carboxylic acids is 2. The highest BCUT2D eigenvalue weighted by atomic mass is 32.2. The van der Waals surface area contributed by atoms with Crippen LogP contribution in [0.3, 0.4) is 0 Å². The van der Waals surface area contributed by atoms with Crippen molar-refractivity contribution >= 4 is 33.2 Å². The minimum Gasteiger partial charge on any atom is -0.465 e. The number of piperazine rings is 1. The van der Waals surface area contributed by atoms with Crippen LogP contribution in [0, 0.1) is 5.92 Å². The number of rotatable bonds is 5. The van der Waals surface area contributed by atoms with Gasteiger partial charge in [-0.3, -0.25) is 4.79 Å². The molecule has 0 spiro atoms. The molecule has 1 aliphatic heterocycles. The summed E-state index contributed by atoms with van der Waals surface area (Å²) in [5.41, 5.74) is 6.09. The molecule has 140 valence electrons. The first-order valence-electron chi connectivity index (χ1n) is 7.90. The lowest BCUT2D eigenvalue weighted by Gasteiger charge is -2.35. The summed E-state index contributed by atoms with van der Waals surface area (Å²) in [5, 5.41) is 1.46. The lowest BCUT2D eigenvalue weighted by Crippen LogP contribution is -2.55. The van der Waals surface area contributed by atoms with Gasteiger partial charge < -0.3 is 15.4 Å². The number of nitrogens with two attached hydrogens (primary N) is 1. The Hall–Kier alpha value is -1.49. The highest BCUT2D eigenvalue weighted by Crippen LogP contribution is 2.25. The number of thiophene rings is 1. The van der Waals surface area contributed by atoms with Crippen molar-refractivity contribution in [1.82, 2.24) is 9.21 Å². The third kappa shape index (κ3) is 4.20. The maximum atomic E-state index is 12.7. The van der Waals surface area contributed by atoms with E-state index in [-0.39, 0.29) is 34.7 Å². The average molecular weight is 389 g/mol. The predicted octanol–water partition coefficient (Wildman–Crippen LogP) is 0.351. The van der Waals surface area contributed by atoms with Gasteiger partial charge in [0.25, 0.3) is 10.0 Å². The molecule has 1 atom stereocenters. The zero-order valence-electron chi connectivity index (χ0n) is 14.5. The standard InChI is InChI=1S/C15H23N3O5S2/c1-10(2)13(16)14(19)17-4-6-18(7-5-17)25(21,22)12-8-11(9-24-12)15(20)23-3/h8-10,13H,4-7,16H2,1-3H3/t13-/m0/s1. The van der Waals surface area contributed by atoms with Gasteiger partial charge in [0, 0.05) is 31.6 Å². The highest BCUT2D eigenvalue weighted by molar-refractivity contribution is 7.91. The van der Waals surface area contributed by atoms with Crippen LogP contribution in [-0.4, -0.2) is 68.8 Å². The van der Waals surface area contributed by atoms with Crippen molar-refractivity contribution < 1.29 is 22.7 Å². The summed E-state index contributed by atoms with van der Waals surface area (Å²) < 4.78 is 31.4. The van der Waals surface area contributed by atoms with E-state index in [1.807, 2.05) is 13.8 Å². The van der Waals surface area contributed by atoms with Gasteiger partial charge in [-0.05, 0) is 12.0 Å². The van der Waals surface area contributed by atoms with E-state index in [4.69, 9.17) is 5.73 Å². The van der Waals surface area contributed by atoms with E-state index in [1.54, 1.807) is 4.90 Å². The number of esters is 1. The molecule has 2 heterocycles. The summed E-state index contributed by atoms with van der Waals surface area (Å²) in [5.74, 6) is -0.705. The van der Waals surface area contributed by atoms with Gasteiger partial charge >= 0.3 is 5.97 Å². The predicted molar refractivity (Wildman–Crippen MR) is 93.8 cm³/mol. The summed E-state index contributed by atoms with van der Waals surface area (Å²) in [6.45, 7) is 4.74. The molecule has 2 N–H and O–H groups in total. The Morgan fingerprint density at radius 3 is 2.36 bits per heavy atom. The molecular formula is C15H23N3O5S2. The van der Waals surface area contributed by atoms with Gasteiger partial charge in [0.05, 0.1) is 18.7 Å². The molecule has 1 fully saturated rings. The minimum atomic E-state index is -3.69. The number of methoxy groups -OCH3 is 1. The number of sulfonamides is 1. The Morgan fingerprint density at radius 2 is 1.84 bits per heavy atom. The average Bonchev–Trinajstić information content (AvgIpc) is 3.10. The second kappa shape index (κ2) is 7.81. The molecule has 8 nitrogen and oxygen atoms in total. The molecule has 1 aliphatic rings. The molecule has 1 aromatic heterocycles. The lowest BCUT2D eigenvalue weighted by atomic mass is 10.0. The molecule has 2 rings (SSSR count). The van der Waals surface area contributed by atoms with Gasteiger partial charge in [0.15, 0.2) is 0 Å². The Morgan fingerprint density at radius 1 is 1.24 bits per heavy atom. The molecule has 25 heavy (non-hydrogen) atoms. The molecule has 1 amide bonds. The fraction of sp³-hybridized carbons (Fsp3) is 0.600. The van der Waals surface area contributed by atoms with Crippen LogP contribution < -0.4 is 5.73 Å². The molecule has 0 radical (unpaired) electrons. The van der Waals surface area contributed by atoms with E-state index in [1.165, 1.54) is 22.9 Å². The van der Waals surface area contributed by atoms with Crippen molar-refractivity contribution in [2.24, 2.45) is 11.7 Å². The first-order valence-corrected chi connectivity index (χ1v) is 10.2. The number of hydrogen-bond donors (Lipinski definition) is 1. The fourth-order valence-corrected chi connectivity index (χ4v) is 5.17. The molecule has 1 saturated heterocycles. The first-order chi connectivity index (χ1) is 11.7. The lowest BCUT2D eigenvalue weighted by molar-refractivity contribution is -0.134. The number of ether oxygens (including phenoxy) is 1. The highest BCUT2D eigenvalue weighted by Gasteiger charge is 2.33. The SMILES string of the molecule is COC(=O)c1csc(S(=O)(=O)N2CCN(C(=O)[C@@H](N)C(C)C)CC2)c1. The van der Waals surface area contributed by atoms with E-state index in [9.17, 15) is 18.0 Å². The van der Waals surface area contributed by atoms with E-state index < -0.39 is 22.0 Å². The third-order valence-corrected chi connectivity index (χ3v) is 7.46. The van der Waals surface area contributed by atoms with Crippen LogP contribution in [0.4, 0.5) is 0 Å². The first kappa shape index (κ1) is 19.8. The van der Waals surface area contributed by atoms with Gasteiger partial charge in [0.1, 0.15) is 4.21 Å². The van der Waals surface area contributed by atoms with Crippen molar-refractivity contribution in [1.29, 1.82) is 0 Å². The van der Waals surface area contributed by atoms with E-state index >= 15 is 0 Å². The molecule has 0 unspecified atom stereocenters. The molecule has 0 bridgehead atoms. The van der Waals surface area contributed by atoms with Crippen LogP contribution in [0.5, 0.6) is 0 Å². The second-order valence-corrected chi connectivity index (χ2v) is 9.22. The maximum absolute atomic E-state index is 12.7. The van der Waals surface area contributed by atoms with E-state index in [0.29, 0.717) is 13.1 Å². The van der Waals surface area contributed by atoms with Crippen molar-refractivity contribution in [2.75, 3.05) is 33.3 Å². The zero-order valence-corrected chi connectivity index (χ0v) is 16.1. The van der Waals surface area contributed by atoms with Crippen molar-refractivity contribution in [3.05, 3.63) is 17.0 Å². The van der Waals surface area contributed by atoms with Gasteiger partial charge in [0.2, 0.25) is 5.91 Å². The van der Waals surface area contributed by atoms with E-state index in [0.717, 1.165) is 11.3 Å². The molecule has 0 aliphatic carbocycles. The smallest absolute Gasteiger partial charge is 0.338 e. The zero-order chi connectivity index (χ0) is 18.8. The van der Waals surface area contributed by atoms with Gasteiger partial charge in [-0.15, -0.1) is 11.3 Å². The number of hydrogen-bond acceptors (Lipinski definition) is 7. The van der Waals surface area contributed by atoms with Crippen LogP contribution in [0.25, 0.3) is 0 Å². The van der Waals surface area contributed by atoms with Crippen LogP contribution in [0.15, 0.2) is 15.7 Å². The molecular weight excluding hydrogens is 366 g/mol. The Labute approximate surface area is 151 Å². The molecule has 1 aromatic rings. The van der Waals surface area contributed by atoms with Crippen LogP contribution in [-0.2, 0) is 19.6 Å². The number of amides is 1. The second-order valence-electron chi connectivity index (χ2n) is 6.15. The fourth-order valence-electron chi connectivity index (χ4n) is 2.45. The summed E-state index contributed by atoms with van der Waals surface area (Å²) in [4.78, 5) is 25.3. The monoisotopic (exact) mass is 389 g/mol. The molecule has 0 saturated carbocycles. The number of carbonyl (C=O) groups is 2. The maximum Gasteiger partial charge on any atom is 0.338 e. The molecule has 10 heteroatoms. The van der Waals surface area contributed by atoms with Crippen LogP contribution in [0.1, 0.15) is 24.2 Å². The van der Waals surface area contributed by atoms with Gasteiger partial charge in [-0.2, -0.15) is 4.31 Å². The minimum absolute atomic E-state index is 0.0251. The Balaban J connectivity index is 2.05. The topological polar surface area (TPSA) is 110 Å². The third-order valence-electron chi connectivity index (χ3n) is 4.14. The van der Waals surface area contributed by atoms with Gasteiger partial charge in [-0.25, -0.2) is 13.2 Å². The summed E-state index contributed by atoms with van der Waals surface area (Å²) >= 11 is 0.979. The van der Waals surface area contributed by atoms with Crippen molar-refractivity contribution in [3.8, 4) is 0 Å². The molecule has 0 aromatic carbocycles. The number of nitrogens with zero attached hydrogens (tertiary/aromatic N) is 2. The summed E-state index contributed by atoms with van der Waals surface area (Å²) in [7, 11) is -2.45. The normalized spacial score (nSPS) is 17.6. The quantitative estimate of drug-likeness (QED) is 0.728. The van der Waals surface area contributed by atoms with Crippen LogP contribution >= 0.6 is 11.3 Å². The van der Waals surface area contributed by atoms with Crippen molar-refractivity contribution in [2.45, 2.75) is 24.1 Å². The largest absolute Gasteiger partial charge is 0.465 e. The van der Waals surface area contributed by atoms with Crippen molar-refractivity contribution in [3.63, 3.8) is 0 Å². The Kier molecular flexibility index (Phi) is 6.20. The Bertz CT molecular complexity index is 736.